The van der Waals surface area contributed by atoms with E-state index in [4.69, 9.17) is 4.74 Å². The van der Waals surface area contributed by atoms with Gasteiger partial charge < -0.3 is 10.1 Å². The Morgan fingerprint density at radius 1 is 1.22 bits per heavy atom. The molecule has 0 saturated carbocycles. The van der Waals surface area contributed by atoms with Crippen molar-refractivity contribution in [3.05, 3.63) is 58.6 Å². The summed E-state index contributed by atoms with van der Waals surface area (Å²) in [6, 6.07) is 10.5. The molecule has 27 heavy (non-hydrogen) atoms. The van der Waals surface area contributed by atoms with Gasteiger partial charge in [-0.1, -0.05) is 6.07 Å². The van der Waals surface area contributed by atoms with E-state index in [-0.39, 0.29) is 11.4 Å². The Bertz CT molecular complexity index is 943. The van der Waals surface area contributed by atoms with Gasteiger partial charge in [-0.3, -0.25) is 19.2 Å². The zero-order valence-electron chi connectivity index (χ0n) is 14.9. The summed E-state index contributed by atoms with van der Waals surface area (Å²) in [6.45, 7) is 1.40. The van der Waals surface area contributed by atoms with Crippen molar-refractivity contribution in [3.8, 4) is 5.75 Å². The summed E-state index contributed by atoms with van der Waals surface area (Å²) in [5.41, 5.74) is 0.216. The fraction of sp³-hybridized carbons (Fsp3) is 0.235. The topological polar surface area (TPSA) is 119 Å². The standard InChI is InChI=1S/C17H19N3O6S/c1-12(17(21)18-13-7-9-16(26-2)10-8-13)19(27(3,24)25)14-5-4-6-15(11-14)20(22)23/h4-12H,1-3H3,(H,18,21). The average molecular weight is 393 g/mol. The third-order valence-electron chi connectivity index (χ3n) is 3.74. The highest BCUT2D eigenvalue weighted by Gasteiger charge is 2.30. The van der Waals surface area contributed by atoms with Gasteiger partial charge in [0.2, 0.25) is 15.9 Å². The van der Waals surface area contributed by atoms with Crippen LogP contribution in [-0.4, -0.2) is 38.7 Å². The second-order valence-electron chi connectivity index (χ2n) is 5.73. The van der Waals surface area contributed by atoms with Crippen molar-refractivity contribution in [1.29, 1.82) is 0 Å². The lowest BCUT2D eigenvalue weighted by molar-refractivity contribution is -0.384. The second kappa shape index (κ2) is 8.04. The van der Waals surface area contributed by atoms with Crippen LogP contribution >= 0.6 is 0 Å². The fourth-order valence-electron chi connectivity index (χ4n) is 2.47. The molecule has 2 aromatic carbocycles. The molecule has 2 rings (SSSR count). The maximum atomic E-state index is 12.6. The molecule has 0 saturated heterocycles. The van der Waals surface area contributed by atoms with Crippen LogP contribution in [0.25, 0.3) is 0 Å². The van der Waals surface area contributed by atoms with Crippen LogP contribution in [0.15, 0.2) is 48.5 Å². The van der Waals surface area contributed by atoms with E-state index in [1.165, 1.54) is 32.2 Å². The number of nitro benzene ring substituents is 1. The van der Waals surface area contributed by atoms with Gasteiger partial charge in [0.05, 0.1) is 24.0 Å². The summed E-state index contributed by atoms with van der Waals surface area (Å²) >= 11 is 0. The number of nitrogens with zero attached hydrogens (tertiary/aromatic N) is 2. The number of sulfonamides is 1. The molecule has 0 spiro atoms. The number of anilines is 2. The molecule has 2 aromatic rings. The number of ether oxygens (including phenoxy) is 1. The van der Waals surface area contributed by atoms with Crippen LogP contribution in [0.2, 0.25) is 0 Å². The lowest BCUT2D eigenvalue weighted by Gasteiger charge is -2.28. The first-order chi connectivity index (χ1) is 12.6. The molecule has 0 bridgehead atoms. The number of amides is 1. The number of carbonyl (C=O) groups excluding carboxylic acids is 1. The van der Waals surface area contributed by atoms with Gasteiger partial charge in [0, 0.05) is 17.8 Å². The van der Waals surface area contributed by atoms with E-state index in [0.717, 1.165) is 16.6 Å². The number of non-ortho nitro benzene ring substituents is 1. The molecule has 0 radical (unpaired) electrons. The summed E-state index contributed by atoms with van der Waals surface area (Å²) in [5.74, 6) is 0.0208. The number of hydrogen-bond donors (Lipinski definition) is 1. The first-order valence-corrected chi connectivity index (χ1v) is 9.67. The van der Waals surface area contributed by atoms with E-state index in [1.54, 1.807) is 24.3 Å². The average Bonchev–Trinajstić information content (AvgIpc) is 2.61. The molecule has 0 aliphatic rings. The van der Waals surface area contributed by atoms with Gasteiger partial charge in [0.1, 0.15) is 11.8 Å². The van der Waals surface area contributed by atoms with Crippen molar-refractivity contribution in [2.45, 2.75) is 13.0 Å². The van der Waals surface area contributed by atoms with Crippen molar-refractivity contribution < 1.29 is 22.9 Å². The molecular weight excluding hydrogens is 374 g/mol. The van der Waals surface area contributed by atoms with Gasteiger partial charge >= 0.3 is 0 Å². The van der Waals surface area contributed by atoms with Crippen LogP contribution in [0.3, 0.4) is 0 Å². The number of hydrogen-bond acceptors (Lipinski definition) is 6. The molecule has 144 valence electrons. The lowest BCUT2D eigenvalue weighted by atomic mass is 10.2. The zero-order valence-corrected chi connectivity index (χ0v) is 15.8. The van der Waals surface area contributed by atoms with Crippen molar-refractivity contribution in [2.24, 2.45) is 0 Å². The minimum absolute atomic E-state index is 0.0316. The molecule has 0 aliphatic heterocycles. The van der Waals surface area contributed by atoms with Gasteiger partial charge in [0.15, 0.2) is 0 Å². The Balaban J connectivity index is 2.31. The first-order valence-electron chi connectivity index (χ1n) is 7.82. The fourth-order valence-corrected chi connectivity index (χ4v) is 3.64. The highest BCUT2D eigenvalue weighted by Crippen LogP contribution is 2.26. The minimum atomic E-state index is -3.88. The Morgan fingerprint density at radius 3 is 2.37 bits per heavy atom. The van der Waals surface area contributed by atoms with Crippen LogP contribution in [0.1, 0.15) is 6.92 Å². The lowest BCUT2D eigenvalue weighted by Crippen LogP contribution is -2.45. The van der Waals surface area contributed by atoms with Crippen LogP contribution in [0, 0.1) is 10.1 Å². The molecule has 0 aromatic heterocycles. The number of nitro groups is 1. The van der Waals surface area contributed by atoms with Gasteiger partial charge in [0.25, 0.3) is 5.69 Å². The summed E-state index contributed by atoms with van der Waals surface area (Å²) in [7, 11) is -2.37. The van der Waals surface area contributed by atoms with Crippen molar-refractivity contribution in [2.75, 3.05) is 23.0 Å². The van der Waals surface area contributed by atoms with Gasteiger partial charge in [-0.2, -0.15) is 0 Å². The second-order valence-corrected chi connectivity index (χ2v) is 7.59. The van der Waals surface area contributed by atoms with Crippen LogP contribution < -0.4 is 14.4 Å². The van der Waals surface area contributed by atoms with Crippen LogP contribution in [0.4, 0.5) is 17.1 Å². The highest BCUT2D eigenvalue weighted by atomic mass is 32.2. The first kappa shape index (κ1) is 20.2. The summed E-state index contributed by atoms with van der Waals surface area (Å²) < 4.78 is 30.4. The molecular formula is C17H19N3O6S. The quantitative estimate of drug-likeness (QED) is 0.570. The molecule has 1 atom stereocenters. The van der Waals surface area contributed by atoms with Crippen molar-refractivity contribution in [3.63, 3.8) is 0 Å². The Hall–Kier alpha value is -3.14. The molecule has 0 heterocycles. The largest absolute Gasteiger partial charge is 0.497 e. The van der Waals surface area contributed by atoms with Gasteiger partial charge in [-0.25, -0.2) is 8.42 Å². The summed E-state index contributed by atoms with van der Waals surface area (Å²) in [4.78, 5) is 22.9. The number of methoxy groups -OCH3 is 1. The maximum Gasteiger partial charge on any atom is 0.271 e. The number of nitrogens with one attached hydrogen (secondary N) is 1. The summed E-state index contributed by atoms with van der Waals surface area (Å²) in [6.07, 6.45) is 0.934. The Kier molecular flexibility index (Phi) is 6.01. The molecule has 1 unspecified atom stereocenters. The zero-order chi connectivity index (χ0) is 20.2. The predicted octanol–water partition coefficient (Wildman–Crippen LogP) is 2.40. The number of benzene rings is 2. The van der Waals surface area contributed by atoms with E-state index in [9.17, 15) is 23.3 Å². The molecule has 9 nitrogen and oxygen atoms in total. The molecule has 0 aliphatic carbocycles. The smallest absolute Gasteiger partial charge is 0.271 e. The Labute approximate surface area is 156 Å². The molecule has 0 fully saturated rings. The third-order valence-corrected chi connectivity index (χ3v) is 4.98. The van der Waals surface area contributed by atoms with Crippen molar-refractivity contribution >= 4 is 33.0 Å². The monoisotopic (exact) mass is 393 g/mol. The minimum Gasteiger partial charge on any atom is -0.497 e. The Morgan fingerprint density at radius 2 is 1.85 bits per heavy atom. The normalized spacial score (nSPS) is 12.1. The van der Waals surface area contributed by atoms with Crippen molar-refractivity contribution in [1.82, 2.24) is 0 Å². The van der Waals surface area contributed by atoms with Crippen LogP contribution in [-0.2, 0) is 14.8 Å². The van der Waals surface area contributed by atoms with Crippen LogP contribution in [0.5, 0.6) is 5.75 Å². The summed E-state index contributed by atoms with van der Waals surface area (Å²) in [5, 5.41) is 13.6. The molecule has 1 N–H and O–H groups in total. The van der Waals surface area contributed by atoms with E-state index >= 15 is 0 Å². The SMILES string of the molecule is COc1ccc(NC(=O)C(C)N(c2cccc([N+](=O)[O-])c2)S(C)(=O)=O)cc1. The van der Waals surface area contributed by atoms with Gasteiger partial charge in [-0.05, 0) is 37.3 Å². The molecule has 1 amide bonds. The maximum absolute atomic E-state index is 12.6. The predicted molar refractivity (Wildman–Crippen MR) is 102 cm³/mol. The van der Waals surface area contributed by atoms with E-state index < -0.39 is 26.9 Å². The third kappa shape index (κ3) is 4.94. The van der Waals surface area contributed by atoms with E-state index in [1.807, 2.05) is 0 Å². The van der Waals surface area contributed by atoms with E-state index in [0.29, 0.717) is 11.4 Å². The number of rotatable bonds is 7. The van der Waals surface area contributed by atoms with E-state index in [2.05, 4.69) is 5.32 Å². The highest BCUT2D eigenvalue weighted by molar-refractivity contribution is 7.92. The molecule has 10 heteroatoms. The van der Waals surface area contributed by atoms with Gasteiger partial charge in [-0.15, -0.1) is 0 Å². The number of carbonyl (C=O) groups is 1.